The average molecular weight is 384 g/mol. The third-order valence-corrected chi connectivity index (χ3v) is 5.04. The van der Waals surface area contributed by atoms with E-state index in [2.05, 4.69) is 0 Å². The molecular formula is C22H28N2O4. The minimum Gasteiger partial charge on any atom is -0.452 e. The summed E-state index contributed by atoms with van der Waals surface area (Å²) in [6, 6.07) is 9.93. The Morgan fingerprint density at radius 1 is 1.07 bits per heavy atom. The molecule has 28 heavy (non-hydrogen) atoms. The van der Waals surface area contributed by atoms with Gasteiger partial charge in [-0.05, 0) is 52.8 Å². The molecule has 1 amide bonds. The number of ether oxygens (including phenoxy) is 2. The molecule has 3 rings (SSSR count). The highest BCUT2D eigenvalue weighted by Gasteiger charge is 2.27. The fraction of sp³-hybridized carbons (Fsp3) is 0.455. The molecule has 0 unspecified atom stereocenters. The number of esters is 1. The molecule has 1 aromatic heterocycles. The summed E-state index contributed by atoms with van der Waals surface area (Å²) in [5.74, 6) is -0.670. The van der Waals surface area contributed by atoms with Gasteiger partial charge in [0.15, 0.2) is 6.61 Å². The quantitative estimate of drug-likeness (QED) is 0.760. The summed E-state index contributed by atoms with van der Waals surface area (Å²) in [6.45, 7) is 10.5. The lowest BCUT2D eigenvalue weighted by Gasteiger charge is -2.35. The summed E-state index contributed by atoms with van der Waals surface area (Å²) < 4.78 is 13.0. The highest BCUT2D eigenvalue weighted by molar-refractivity contribution is 5.93. The van der Waals surface area contributed by atoms with Gasteiger partial charge in [-0.25, -0.2) is 4.79 Å². The van der Waals surface area contributed by atoms with Crippen LogP contribution in [0.4, 0.5) is 0 Å². The SMILES string of the molecule is Cc1ccc(-n2c(C)cc(C(=O)OCC(=O)N3C[C@H](C)O[C@@H](C)C3)c2C)cc1. The Balaban J connectivity index is 1.69. The first-order chi connectivity index (χ1) is 13.3. The minimum atomic E-state index is -0.478. The Morgan fingerprint density at radius 3 is 2.29 bits per heavy atom. The van der Waals surface area contributed by atoms with Crippen LogP contribution in [0.25, 0.3) is 5.69 Å². The number of rotatable bonds is 4. The van der Waals surface area contributed by atoms with Crippen molar-refractivity contribution in [1.29, 1.82) is 0 Å². The number of aryl methyl sites for hydroxylation is 2. The van der Waals surface area contributed by atoms with E-state index >= 15 is 0 Å². The zero-order valence-electron chi connectivity index (χ0n) is 17.2. The van der Waals surface area contributed by atoms with Gasteiger partial charge in [0.1, 0.15) is 0 Å². The Bertz CT molecular complexity index is 859. The predicted octanol–water partition coefficient (Wildman–Crippen LogP) is 3.20. The van der Waals surface area contributed by atoms with Crippen molar-refractivity contribution in [2.45, 2.75) is 46.8 Å². The molecule has 1 aliphatic rings. The molecule has 2 atom stereocenters. The number of aromatic nitrogens is 1. The molecule has 0 spiro atoms. The highest BCUT2D eigenvalue weighted by atomic mass is 16.5. The number of morpholine rings is 1. The second-order valence-corrected chi connectivity index (χ2v) is 7.59. The van der Waals surface area contributed by atoms with Crippen molar-refractivity contribution in [3.05, 3.63) is 52.8 Å². The molecule has 1 aromatic carbocycles. The van der Waals surface area contributed by atoms with Crippen molar-refractivity contribution in [3.63, 3.8) is 0 Å². The number of hydrogen-bond donors (Lipinski definition) is 0. The van der Waals surface area contributed by atoms with Crippen LogP contribution < -0.4 is 0 Å². The van der Waals surface area contributed by atoms with E-state index in [1.807, 2.05) is 63.5 Å². The molecule has 1 fully saturated rings. The van der Waals surface area contributed by atoms with Crippen molar-refractivity contribution in [3.8, 4) is 5.69 Å². The lowest BCUT2D eigenvalue weighted by Crippen LogP contribution is -2.49. The van der Waals surface area contributed by atoms with Crippen molar-refractivity contribution in [2.75, 3.05) is 19.7 Å². The molecule has 0 saturated carbocycles. The third kappa shape index (κ3) is 4.28. The van der Waals surface area contributed by atoms with E-state index in [0.717, 1.165) is 17.1 Å². The number of carbonyl (C=O) groups is 2. The molecule has 0 radical (unpaired) electrons. The fourth-order valence-electron chi connectivity index (χ4n) is 3.74. The molecule has 1 aliphatic heterocycles. The maximum atomic E-state index is 12.6. The lowest BCUT2D eigenvalue weighted by atomic mass is 10.2. The Morgan fingerprint density at radius 2 is 1.68 bits per heavy atom. The van der Waals surface area contributed by atoms with Gasteiger partial charge in [0, 0.05) is 30.2 Å². The van der Waals surface area contributed by atoms with Crippen molar-refractivity contribution < 1.29 is 19.1 Å². The van der Waals surface area contributed by atoms with Gasteiger partial charge in [-0.1, -0.05) is 17.7 Å². The summed E-state index contributed by atoms with van der Waals surface area (Å²) in [4.78, 5) is 26.7. The molecule has 0 N–H and O–H groups in total. The summed E-state index contributed by atoms with van der Waals surface area (Å²) >= 11 is 0. The largest absolute Gasteiger partial charge is 0.452 e. The monoisotopic (exact) mass is 384 g/mol. The summed E-state index contributed by atoms with van der Waals surface area (Å²) in [6.07, 6.45) is -0.0336. The summed E-state index contributed by atoms with van der Waals surface area (Å²) in [5, 5.41) is 0. The Labute approximate surface area is 166 Å². The first-order valence-corrected chi connectivity index (χ1v) is 9.62. The second-order valence-electron chi connectivity index (χ2n) is 7.59. The molecule has 2 aromatic rings. The van der Waals surface area contributed by atoms with E-state index in [4.69, 9.17) is 9.47 Å². The topological polar surface area (TPSA) is 60.8 Å². The minimum absolute atomic E-state index is 0.0168. The molecular weight excluding hydrogens is 356 g/mol. The molecule has 0 aliphatic carbocycles. The first-order valence-electron chi connectivity index (χ1n) is 9.62. The molecule has 0 bridgehead atoms. The fourth-order valence-corrected chi connectivity index (χ4v) is 3.74. The summed E-state index contributed by atoms with van der Waals surface area (Å²) in [5.41, 5.74) is 4.39. The van der Waals surface area contributed by atoms with E-state index in [9.17, 15) is 9.59 Å². The average Bonchev–Trinajstić information content (AvgIpc) is 2.94. The number of hydrogen-bond acceptors (Lipinski definition) is 4. The lowest BCUT2D eigenvalue weighted by molar-refractivity contribution is -0.146. The van der Waals surface area contributed by atoms with Crippen LogP contribution in [0.2, 0.25) is 0 Å². The molecule has 6 nitrogen and oxygen atoms in total. The van der Waals surface area contributed by atoms with Crippen LogP contribution >= 0.6 is 0 Å². The second kappa shape index (κ2) is 8.19. The van der Waals surface area contributed by atoms with Crippen LogP contribution in [-0.2, 0) is 14.3 Å². The first kappa shape index (κ1) is 20.1. The number of benzene rings is 1. The van der Waals surface area contributed by atoms with Gasteiger partial charge in [0.25, 0.3) is 5.91 Å². The van der Waals surface area contributed by atoms with Crippen molar-refractivity contribution >= 4 is 11.9 Å². The van der Waals surface area contributed by atoms with E-state index in [-0.39, 0.29) is 24.7 Å². The van der Waals surface area contributed by atoms with Crippen LogP contribution in [0, 0.1) is 20.8 Å². The number of amides is 1. The van der Waals surface area contributed by atoms with Crippen molar-refractivity contribution in [2.24, 2.45) is 0 Å². The Hall–Kier alpha value is -2.60. The predicted molar refractivity (Wildman–Crippen MR) is 107 cm³/mol. The zero-order chi connectivity index (χ0) is 20.4. The third-order valence-electron chi connectivity index (χ3n) is 5.04. The van der Waals surface area contributed by atoms with Crippen LogP contribution in [0.3, 0.4) is 0 Å². The zero-order valence-corrected chi connectivity index (χ0v) is 17.2. The smallest absolute Gasteiger partial charge is 0.340 e. The number of carbonyl (C=O) groups excluding carboxylic acids is 2. The molecule has 150 valence electrons. The van der Waals surface area contributed by atoms with Gasteiger partial charge >= 0.3 is 5.97 Å². The van der Waals surface area contributed by atoms with E-state index in [0.29, 0.717) is 18.7 Å². The highest BCUT2D eigenvalue weighted by Crippen LogP contribution is 2.22. The van der Waals surface area contributed by atoms with Crippen LogP contribution in [0.1, 0.15) is 41.2 Å². The van der Waals surface area contributed by atoms with Gasteiger partial charge in [0.2, 0.25) is 0 Å². The van der Waals surface area contributed by atoms with E-state index in [1.54, 1.807) is 11.0 Å². The van der Waals surface area contributed by atoms with Gasteiger partial charge in [-0.3, -0.25) is 4.79 Å². The summed E-state index contributed by atoms with van der Waals surface area (Å²) in [7, 11) is 0. The van der Waals surface area contributed by atoms with E-state index < -0.39 is 5.97 Å². The Kier molecular flexibility index (Phi) is 5.89. The maximum absolute atomic E-state index is 12.6. The van der Waals surface area contributed by atoms with Gasteiger partial charge < -0.3 is 18.9 Å². The molecule has 1 saturated heterocycles. The number of nitrogens with zero attached hydrogens (tertiary/aromatic N) is 2. The standard InChI is InChI=1S/C22H28N2O4/c1-14-6-8-19(9-7-14)24-15(2)10-20(18(24)5)22(26)27-13-21(25)23-11-16(3)28-17(4)12-23/h6-10,16-17H,11-13H2,1-5H3/t16-,17-/m0/s1. The van der Waals surface area contributed by atoms with Crippen LogP contribution in [0.15, 0.2) is 30.3 Å². The van der Waals surface area contributed by atoms with Crippen LogP contribution in [-0.4, -0.2) is 53.2 Å². The maximum Gasteiger partial charge on any atom is 0.340 e. The van der Waals surface area contributed by atoms with Crippen LogP contribution in [0.5, 0.6) is 0 Å². The normalized spacial score (nSPS) is 19.5. The van der Waals surface area contributed by atoms with Gasteiger partial charge in [-0.2, -0.15) is 0 Å². The van der Waals surface area contributed by atoms with Gasteiger partial charge in [-0.15, -0.1) is 0 Å². The van der Waals surface area contributed by atoms with Crippen molar-refractivity contribution in [1.82, 2.24) is 9.47 Å². The molecule has 2 heterocycles. The molecule has 6 heteroatoms. The van der Waals surface area contributed by atoms with E-state index in [1.165, 1.54) is 5.56 Å². The van der Waals surface area contributed by atoms with Gasteiger partial charge in [0.05, 0.1) is 17.8 Å².